The maximum absolute atomic E-state index is 5.76. The molecule has 2 fully saturated rings. The minimum Gasteiger partial charge on any atom is -0.356 e. The number of aryl methyl sites for hydroxylation is 1. The molecule has 1 spiro atoms. The maximum atomic E-state index is 5.76. The zero-order chi connectivity index (χ0) is 14.7. The molecule has 0 amide bonds. The summed E-state index contributed by atoms with van der Waals surface area (Å²) in [6, 6.07) is 2.02. The van der Waals surface area contributed by atoms with Gasteiger partial charge in [-0.05, 0) is 6.92 Å². The number of nitrogens with one attached hydrogen (secondary N) is 1. The highest BCUT2D eigenvalue weighted by molar-refractivity contribution is 5.45. The third-order valence-electron chi connectivity index (χ3n) is 3.91. The first-order valence-corrected chi connectivity index (χ1v) is 7.44. The van der Waals surface area contributed by atoms with Gasteiger partial charge in [-0.15, -0.1) is 6.58 Å². The molecule has 3 rings (SSSR count). The molecule has 1 aromatic heterocycles. The molecule has 0 radical (unpaired) electrons. The lowest BCUT2D eigenvalue weighted by Crippen LogP contribution is -2.45. The van der Waals surface area contributed by atoms with E-state index in [1.807, 2.05) is 13.0 Å². The molecule has 2 aliphatic rings. The van der Waals surface area contributed by atoms with E-state index in [0.717, 1.165) is 37.4 Å². The van der Waals surface area contributed by atoms with E-state index < -0.39 is 0 Å². The van der Waals surface area contributed by atoms with E-state index >= 15 is 0 Å². The van der Waals surface area contributed by atoms with E-state index in [9.17, 15) is 0 Å². The second kappa shape index (κ2) is 5.99. The fraction of sp³-hybridized carbons (Fsp3) is 0.600. The van der Waals surface area contributed by atoms with Crippen molar-refractivity contribution in [2.45, 2.75) is 25.6 Å². The maximum Gasteiger partial charge on any atom is 0.225 e. The molecule has 1 aromatic rings. The van der Waals surface area contributed by atoms with Gasteiger partial charge < -0.3 is 19.7 Å². The van der Waals surface area contributed by atoms with Crippen LogP contribution in [0.4, 0.5) is 11.8 Å². The lowest BCUT2D eigenvalue weighted by Gasteiger charge is -2.38. The summed E-state index contributed by atoms with van der Waals surface area (Å²) in [5.74, 6) is 1.27. The quantitative estimate of drug-likeness (QED) is 0.852. The Morgan fingerprint density at radius 1 is 1.33 bits per heavy atom. The van der Waals surface area contributed by atoms with Crippen LogP contribution in [0.25, 0.3) is 0 Å². The summed E-state index contributed by atoms with van der Waals surface area (Å²) >= 11 is 0. The van der Waals surface area contributed by atoms with Crippen molar-refractivity contribution in [3.8, 4) is 0 Å². The van der Waals surface area contributed by atoms with Gasteiger partial charge in [0.2, 0.25) is 5.95 Å². The van der Waals surface area contributed by atoms with Crippen molar-refractivity contribution in [2.75, 3.05) is 43.1 Å². The SMILES string of the molecule is C=CCNc1nc(C)cc(N2CCC3(CC2)OCCO3)n1. The first-order valence-electron chi connectivity index (χ1n) is 7.44. The van der Waals surface area contributed by atoms with Crippen LogP contribution in [-0.4, -0.2) is 48.6 Å². The van der Waals surface area contributed by atoms with Crippen LogP contribution >= 0.6 is 0 Å². The number of hydrogen-bond acceptors (Lipinski definition) is 6. The monoisotopic (exact) mass is 290 g/mol. The predicted octanol–water partition coefficient (Wildman–Crippen LogP) is 1.73. The molecule has 6 nitrogen and oxygen atoms in total. The Kier molecular flexibility index (Phi) is 4.07. The van der Waals surface area contributed by atoms with Crippen LogP contribution in [0.5, 0.6) is 0 Å². The summed E-state index contributed by atoms with van der Waals surface area (Å²) in [7, 11) is 0. The number of rotatable bonds is 4. The molecular formula is C15H22N4O2. The third kappa shape index (κ3) is 3.16. The molecule has 0 unspecified atom stereocenters. The van der Waals surface area contributed by atoms with Crippen molar-refractivity contribution in [2.24, 2.45) is 0 Å². The van der Waals surface area contributed by atoms with Crippen LogP contribution in [0, 0.1) is 6.92 Å². The Morgan fingerprint density at radius 2 is 2.05 bits per heavy atom. The van der Waals surface area contributed by atoms with Crippen molar-refractivity contribution in [1.29, 1.82) is 0 Å². The van der Waals surface area contributed by atoms with Gasteiger partial charge in [-0.2, -0.15) is 4.98 Å². The van der Waals surface area contributed by atoms with Crippen molar-refractivity contribution in [3.05, 3.63) is 24.4 Å². The van der Waals surface area contributed by atoms with Gasteiger partial charge in [0.05, 0.1) is 13.2 Å². The molecular weight excluding hydrogens is 268 g/mol. The minimum atomic E-state index is -0.345. The molecule has 0 saturated carbocycles. The Bertz CT molecular complexity index is 504. The largest absolute Gasteiger partial charge is 0.356 e. The normalized spacial score (nSPS) is 20.7. The zero-order valence-corrected chi connectivity index (χ0v) is 12.5. The molecule has 2 saturated heterocycles. The summed E-state index contributed by atoms with van der Waals surface area (Å²) < 4.78 is 11.5. The van der Waals surface area contributed by atoms with Crippen molar-refractivity contribution in [1.82, 2.24) is 9.97 Å². The Morgan fingerprint density at radius 3 is 2.71 bits per heavy atom. The first kappa shape index (κ1) is 14.3. The molecule has 6 heteroatoms. The topological polar surface area (TPSA) is 59.5 Å². The smallest absolute Gasteiger partial charge is 0.225 e. The summed E-state index contributed by atoms with van der Waals surface area (Å²) in [6.45, 7) is 9.53. The highest BCUT2D eigenvalue weighted by atomic mass is 16.7. The fourth-order valence-corrected chi connectivity index (χ4v) is 2.82. The lowest BCUT2D eigenvalue weighted by molar-refractivity contribution is -0.169. The standard InChI is InChI=1S/C15H22N4O2/c1-3-6-16-14-17-12(2)11-13(18-14)19-7-4-15(5-8-19)20-9-10-21-15/h3,11H,1,4-10H2,2H3,(H,16,17,18). The van der Waals surface area contributed by atoms with Crippen LogP contribution in [0.3, 0.4) is 0 Å². The van der Waals surface area contributed by atoms with Crippen LogP contribution < -0.4 is 10.2 Å². The van der Waals surface area contributed by atoms with Gasteiger partial charge in [0, 0.05) is 44.2 Å². The summed E-state index contributed by atoms with van der Waals surface area (Å²) in [4.78, 5) is 11.2. The number of anilines is 2. The molecule has 3 heterocycles. The van der Waals surface area contributed by atoms with E-state index in [0.29, 0.717) is 25.7 Å². The Labute approximate surface area is 125 Å². The highest BCUT2D eigenvalue weighted by Crippen LogP contribution is 2.32. The number of ether oxygens (including phenoxy) is 2. The first-order chi connectivity index (χ1) is 10.2. The van der Waals surface area contributed by atoms with E-state index in [4.69, 9.17) is 9.47 Å². The van der Waals surface area contributed by atoms with Gasteiger partial charge in [-0.3, -0.25) is 0 Å². The van der Waals surface area contributed by atoms with Crippen molar-refractivity contribution in [3.63, 3.8) is 0 Å². The number of hydrogen-bond donors (Lipinski definition) is 1. The van der Waals surface area contributed by atoms with E-state index in [2.05, 4.69) is 26.8 Å². The van der Waals surface area contributed by atoms with Crippen molar-refractivity contribution < 1.29 is 9.47 Å². The predicted molar refractivity (Wildman–Crippen MR) is 81.5 cm³/mol. The van der Waals surface area contributed by atoms with Gasteiger partial charge in [0.15, 0.2) is 5.79 Å². The van der Waals surface area contributed by atoms with Crippen LogP contribution in [-0.2, 0) is 9.47 Å². The number of nitrogens with zero attached hydrogens (tertiary/aromatic N) is 3. The number of piperidine rings is 1. The molecule has 2 aliphatic heterocycles. The summed E-state index contributed by atoms with van der Waals surface area (Å²) in [5.41, 5.74) is 0.959. The minimum absolute atomic E-state index is 0.345. The van der Waals surface area contributed by atoms with E-state index in [1.54, 1.807) is 6.08 Å². The van der Waals surface area contributed by atoms with Crippen LogP contribution in [0.1, 0.15) is 18.5 Å². The van der Waals surface area contributed by atoms with E-state index in [1.165, 1.54) is 0 Å². The lowest BCUT2D eigenvalue weighted by atomic mass is 10.0. The number of aromatic nitrogens is 2. The van der Waals surface area contributed by atoms with Gasteiger partial charge >= 0.3 is 0 Å². The van der Waals surface area contributed by atoms with Gasteiger partial charge in [-0.25, -0.2) is 4.98 Å². The second-order valence-corrected chi connectivity index (χ2v) is 5.46. The Balaban J connectivity index is 1.69. The fourth-order valence-electron chi connectivity index (χ4n) is 2.82. The van der Waals surface area contributed by atoms with Gasteiger partial charge in [-0.1, -0.05) is 6.08 Å². The van der Waals surface area contributed by atoms with Crippen molar-refractivity contribution >= 4 is 11.8 Å². The Hall–Kier alpha value is -1.66. The molecule has 21 heavy (non-hydrogen) atoms. The van der Waals surface area contributed by atoms with Gasteiger partial charge in [0.25, 0.3) is 0 Å². The average Bonchev–Trinajstić information content (AvgIpc) is 2.93. The van der Waals surface area contributed by atoms with Crippen LogP contribution in [0.2, 0.25) is 0 Å². The molecule has 0 aromatic carbocycles. The van der Waals surface area contributed by atoms with E-state index in [-0.39, 0.29) is 5.79 Å². The molecule has 114 valence electrons. The molecule has 1 N–H and O–H groups in total. The van der Waals surface area contributed by atoms with Gasteiger partial charge in [0.1, 0.15) is 5.82 Å². The molecule has 0 bridgehead atoms. The zero-order valence-electron chi connectivity index (χ0n) is 12.5. The molecule has 0 aliphatic carbocycles. The summed E-state index contributed by atoms with van der Waals surface area (Å²) in [6.07, 6.45) is 3.56. The highest BCUT2D eigenvalue weighted by Gasteiger charge is 2.40. The average molecular weight is 290 g/mol. The molecule has 0 atom stereocenters. The third-order valence-corrected chi connectivity index (χ3v) is 3.91. The second-order valence-electron chi connectivity index (χ2n) is 5.46. The summed E-state index contributed by atoms with van der Waals surface area (Å²) in [5, 5.41) is 3.15. The van der Waals surface area contributed by atoms with Crippen LogP contribution in [0.15, 0.2) is 18.7 Å².